The maximum absolute atomic E-state index is 11.4. The molecule has 0 radical (unpaired) electrons. The topological polar surface area (TPSA) is 201 Å². The fourth-order valence-electron chi connectivity index (χ4n) is 2.14. The number of nitrogens with one attached hydrogen (secondary N) is 1. The van der Waals surface area contributed by atoms with Crippen LogP contribution in [0.4, 0.5) is 0 Å². The number of guanidine groups is 1. The molecule has 23 heavy (non-hydrogen) atoms. The molecule has 1 aliphatic rings. The Hall–Kier alpha value is -2.37. The molecule has 1 aliphatic heterocycles. The van der Waals surface area contributed by atoms with E-state index in [2.05, 4.69) is 10.3 Å². The first-order valence-corrected chi connectivity index (χ1v) is 6.62. The van der Waals surface area contributed by atoms with E-state index in [-0.39, 0.29) is 5.96 Å². The normalized spacial score (nSPS) is 26.3. The highest BCUT2D eigenvalue weighted by Gasteiger charge is 2.43. The van der Waals surface area contributed by atoms with Crippen LogP contribution in [0.15, 0.2) is 16.8 Å². The van der Waals surface area contributed by atoms with Gasteiger partial charge in [0.15, 0.2) is 5.96 Å². The van der Waals surface area contributed by atoms with Gasteiger partial charge in [-0.3, -0.25) is 4.79 Å². The molecule has 0 aromatic heterocycles. The SMILES string of the molecule is CC(=O)NC1C(N=C(N)N)C=C(C(=O)O)O[C@@H]1C(O)C(O)CO. The molecule has 0 bridgehead atoms. The largest absolute Gasteiger partial charge is 0.478 e. The van der Waals surface area contributed by atoms with Crippen molar-refractivity contribution in [3.63, 3.8) is 0 Å². The fraction of sp³-hybridized carbons (Fsp3) is 0.583. The summed E-state index contributed by atoms with van der Waals surface area (Å²) in [5, 5.41) is 40.1. The lowest BCUT2D eigenvalue weighted by Crippen LogP contribution is -2.59. The van der Waals surface area contributed by atoms with Gasteiger partial charge in [-0.05, 0) is 6.08 Å². The summed E-state index contributed by atoms with van der Waals surface area (Å²) in [6, 6.07) is -2.11. The van der Waals surface area contributed by atoms with Crippen LogP contribution in [0.2, 0.25) is 0 Å². The van der Waals surface area contributed by atoms with Gasteiger partial charge >= 0.3 is 5.97 Å². The van der Waals surface area contributed by atoms with E-state index in [9.17, 15) is 19.8 Å². The number of carbonyl (C=O) groups is 2. The molecule has 0 aliphatic carbocycles. The van der Waals surface area contributed by atoms with Gasteiger partial charge in [0, 0.05) is 6.92 Å². The number of aliphatic hydroxyl groups is 3. The lowest BCUT2D eigenvalue weighted by Gasteiger charge is -2.38. The van der Waals surface area contributed by atoms with E-state index in [1.54, 1.807) is 0 Å². The third-order valence-corrected chi connectivity index (χ3v) is 3.10. The van der Waals surface area contributed by atoms with Gasteiger partial charge < -0.3 is 41.9 Å². The monoisotopic (exact) mass is 332 g/mol. The van der Waals surface area contributed by atoms with Crippen molar-refractivity contribution >= 4 is 17.8 Å². The van der Waals surface area contributed by atoms with E-state index in [4.69, 9.17) is 26.4 Å². The zero-order valence-corrected chi connectivity index (χ0v) is 12.3. The Balaban J connectivity index is 3.28. The first-order chi connectivity index (χ1) is 10.7. The van der Waals surface area contributed by atoms with Gasteiger partial charge in [0.05, 0.1) is 18.7 Å². The molecule has 9 N–H and O–H groups in total. The Labute approximate surface area is 131 Å². The summed E-state index contributed by atoms with van der Waals surface area (Å²) >= 11 is 0. The summed E-state index contributed by atoms with van der Waals surface area (Å²) < 4.78 is 5.13. The Morgan fingerprint density at radius 1 is 1.43 bits per heavy atom. The highest BCUT2D eigenvalue weighted by molar-refractivity contribution is 5.85. The number of nitrogens with zero attached hydrogens (tertiary/aromatic N) is 1. The maximum Gasteiger partial charge on any atom is 0.370 e. The van der Waals surface area contributed by atoms with Crippen molar-refractivity contribution in [2.45, 2.75) is 37.3 Å². The number of aliphatic hydroxyl groups excluding tert-OH is 3. The number of hydrogen-bond acceptors (Lipinski definition) is 7. The molecule has 0 fully saturated rings. The molecule has 0 aromatic rings. The van der Waals surface area contributed by atoms with Crippen molar-refractivity contribution in [2.75, 3.05) is 6.61 Å². The standard InChI is InChI=1S/C12H20N4O7/c1-4(18)15-8-5(16-12(13)14)2-7(11(21)22)23-10(8)9(20)6(19)3-17/h2,5-6,8-10,17,19-20H,3H2,1H3,(H,15,18)(H,21,22)(H4,13,14,16)/t5?,6?,8?,9?,10-/m0/s1. The van der Waals surface area contributed by atoms with E-state index in [1.807, 2.05) is 0 Å². The molecule has 11 heteroatoms. The van der Waals surface area contributed by atoms with Crippen LogP contribution in [-0.4, -0.2) is 75.3 Å². The Morgan fingerprint density at radius 2 is 2.04 bits per heavy atom. The Kier molecular flexibility index (Phi) is 6.30. The van der Waals surface area contributed by atoms with Crippen LogP contribution in [0, 0.1) is 0 Å². The summed E-state index contributed by atoms with van der Waals surface area (Å²) in [5.74, 6) is -2.89. The van der Waals surface area contributed by atoms with E-state index < -0.39 is 54.6 Å². The zero-order chi connectivity index (χ0) is 17.7. The number of amides is 1. The third-order valence-electron chi connectivity index (χ3n) is 3.10. The van der Waals surface area contributed by atoms with Crippen LogP contribution in [0.1, 0.15) is 6.92 Å². The van der Waals surface area contributed by atoms with Crippen molar-refractivity contribution < 1.29 is 34.8 Å². The highest BCUT2D eigenvalue weighted by Crippen LogP contribution is 2.24. The molecule has 1 heterocycles. The van der Waals surface area contributed by atoms with Gasteiger partial charge in [-0.15, -0.1) is 0 Å². The van der Waals surface area contributed by atoms with Gasteiger partial charge in [0.2, 0.25) is 11.7 Å². The number of carbonyl (C=O) groups excluding carboxylic acids is 1. The van der Waals surface area contributed by atoms with Gasteiger partial charge in [-0.1, -0.05) is 0 Å². The molecule has 11 nitrogen and oxygen atoms in total. The molecule has 0 saturated carbocycles. The van der Waals surface area contributed by atoms with Crippen LogP contribution >= 0.6 is 0 Å². The first kappa shape index (κ1) is 18.7. The smallest absolute Gasteiger partial charge is 0.370 e. The summed E-state index contributed by atoms with van der Waals surface area (Å²) in [5.41, 5.74) is 10.6. The van der Waals surface area contributed by atoms with Gasteiger partial charge in [0.25, 0.3) is 0 Å². The quantitative estimate of drug-likeness (QED) is 0.188. The van der Waals surface area contributed by atoms with E-state index in [0.29, 0.717) is 0 Å². The molecular formula is C12H20N4O7. The minimum Gasteiger partial charge on any atom is -0.478 e. The van der Waals surface area contributed by atoms with E-state index >= 15 is 0 Å². The summed E-state index contributed by atoms with van der Waals surface area (Å²) in [4.78, 5) is 26.3. The molecule has 1 amide bonds. The minimum atomic E-state index is -1.70. The lowest BCUT2D eigenvalue weighted by atomic mass is 9.92. The first-order valence-electron chi connectivity index (χ1n) is 6.62. The molecule has 0 aromatic carbocycles. The van der Waals surface area contributed by atoms with Crippen LogP contribution < -0.4 is 16.8 Å². The zero-order valence-electron chi connectivity index (χ0n) is 12.3. The number of rotatable bonds is 6. The second kappa shape index (κ2) is 7.76. The fourth-order valence-corrected chi connectivity index (χ4v) is 2.14. The highest BCUT2D eigenvalue weighted by atomic mass is 16.5. The number of carboxylic acids is 1. The minimum absolute atomic E-state index is 0.371. The van der Waals surface area contributed by atoms with Crippen molar-refractivity contribution in [1.82, 2.24) is 5.32 Å². The maximum atomic E-state index is 11.4. The number of aliphatic imine (C=N–C) groups is 1. The average molecular weight is 332 g/mol. The average Bonchev–Trinajstić information content (AvgIpc) is 2.45. The van der Waals surface area contributed by atoms with Gasteiger partial charge in [-0.25, -0.2) is 9.79 Å². The van der Waals surface area contributed by atoms with Crippen molar-refractivity contribution in [3.05, 3.63) is 11.8 Å². The molecule has 0 spiro atoms. The van der Waals surface area contributed by atoms with Crippen LogP contribution in [-0.2, 0) is 14.3 Å². The second-order valence-corrected chi connectivity index (χ2v) is 4.93. The Morgan fingerprint density at radius 3 is 2.48 bits per heavy atom. The summed E-state index contributed by atoms with van der Waals surface area (Å²) in [6.07, 6.45) is -3.65. The number of carboxylic acid groups (broad SMARTS) is 1. The number of ether oxygens (including phenoxy) is 1. The lowest BCUT2D eigenvalue weighted by molar-refractivity contribution is -0.145. The van der Waals surface area contributed by atoms with Crippen molar-refractivity contribution in [2.24, 2.45) is 16.5 Å². The van der Waals surface area contributed by atoms with Crippen LogP contribution in [0.3, 0.4) is 0 Å². The summed E-state index contributed by atoms with van der Waals surface area (Å²) in [6.45, 7) is 0.391. The molecule has 130 valence electrons. The number of nitrogens with two attached hydrogens (primary N) is 2. The van der Waals surface area contributed by atoms with Crippen LogP contribution in [0.25, 0.3) is 0 Å². The number of hydrogen-bond donors (Lipinski definition) is 7. The molecule has 4 unspecified atom stereocenters. The van der Waals surface area contributed by atoms with E-state index in [0.717, 1.165) is 6.08 Å². The van der Waals surface area contributed by atoms with Crippen molar-refractivity contribution in [1.29, 1.82) is 0 Å². The third kappa shape index (κ3) is 4.81. The van der Waals surface area contributed by atoms with Crippen LogP contribution in [0.5, 0.6) is 0 Å². The second-order valence-electron chi connectivity index (χ2n) is 4.93. The van der Waals surface area contributed by atoms with E-state index in [1.165, 1.54) is 6.92 Å². The van der Waals surface area contributed by atoms with Gasteiger partial charge in [0.1, 0.15) is 18.3 Å². The predicted octanol–water partition coefficient (Wildman–Crippen LogP) is -3.79. The predicted molar refractivity (Wildman–Crippen MR) is 76.9 cm³/mol. The van der Waals surface area contributed by atoms with Gasteiger partial charge in [-0.2, -0.15) is 0 Å². The Bertz CT molecular complexity index is 518. The molecule has 0 saturated heterocycles. The van der Waals surface area contributed by atoms with Crippen molar-refractivity contribution in [3.8, 4) is 0 Å². The molecular weight excluding hydrogens is 312 g/mol. The molecule has 1 rings (SSSR count). The number of aliphatic carboxylic acids is 1. The summed E-state index contributed by atoms with van der Waals surface area (Å²) in [7, 11) is 0. The molecule has 5 atom stereocenters.